The Morgan fingerprint density at radius 2 is 2.12 bits per heavy atom. The molecule has 0 N–H and O–H groups in total. The van der Waals surface area contributed by atoms with Crippen LogP contribution in [0.25, 0.3) is 0 Å². The summed E-state index contributed by atoms with van der Waals surface area (Å²) >= 11 is 0. The number of carbonyl (C=O) groups is 1. The lowest BCUT2D eigenvalue weighted by molar-refractivity contribution is -0.139. The SMILES string of the molecule is O=C1CC[C@@H]2CN(c3cnccn3)CC[C@@H]2N1CCC1=CCCCC1. The number of rotatable bonds is 4. The third-order valence-corrected chi connectivity index (χ3v) is 6.08. The second-order valence-corrected chi connectivity index (χ2v) is 7.61. The topological polar surface area (TPSA) is 49.3 Å². The van der Waals surface area contributed by atoms with Gasteiger partial charge in [-0.15, -0.1) is 0 Å². The molecule has 2 atom stereocenters. The molecular weight excluding hydrogens is 312 g/mol. The molecule has 2 aliphatic heterocycles. The normalized spacial score (nSPS) is 27.0. The van der Waals surface area contributed by atoms with E-state index in [0.29, 0.717) is 24.3 Å². The number of hydrogen-bond donors (Lipinski definition) is 0. The summed E-state index contributed by atoms with van der Waals surface area (Å²) < 4.78 is 0. The van der Waals surface area contributed by atoms with Gasteiger partial charge < -0.3 is 9.80 Å². The minimum Gasteiger partial charge on any atom is -0.355 e. The van der Waals surface area contributed by atoms with Crippen LogP contribution in [0.5, 0.6) is 0 Å². The summed E-state index contributed by atoms with van der Waals surface area (Å²) in [6.45, 7) is 2.87. The van der Waals surface area contributed by atoms with Gasteiger partial charge in [-0.3, -0.25) is 9.78 Å². The van der Waals surface area contributed by atoms with Crippen LogP contribution >= 0.6 is 0 Å². The van der Waals surface area contributed by atoms with Crippen molar-refractivity contribution < 1.29 is 4.79 Å². The Morgan fingerprint density at radius 1 is 1.16 bits per heavy atom. The highest BCUT2D eigenvalue weighted by molar-refractivity contribution is 5.77. The predicted molar refractivity (Wildman–Crippen MR) is 98.3 cm³/mol. The molecular formula is C20H28N4O. The van der Waals surface area contributed by atoms with Crippen molar-refractivity contribution in [2.45, 2.75) is 57.4 Å². The molecule has 2 fully saturated rings. The number of piperidine rings is 2. The van der Waals surface area contributed by atoms with Gasteiger partial charge in [0, 0.05) is 44.5 Å². The fraction of sp³-hybridized carbons (Fsp3) is 0.650. The van der Waals surface area contributed by atoms with Gasteiger partial charge in [-0.2, -0.15) is 0 Å². The Labute approximate surface area is 150 Å². The van der Waals surface area contributed by atoms with Crippen molar-refractivity contribution >= 4 is 11.7 Å². The maximum Gasteiger partial charge on any atom is 0.222 e. The van der Waals surface area contributed by atoms with Gasteiger partial charge in [-0.1, -0.05) is 11.6 Å². The molecule has 3 heterocycles. The Balaban J connectivity index is 1.40. The molecule has 3 aliphatic rings. The molecule has 4 rings (SSSR count). The van der Waals surface area contributed by atoms with E-state index in [1.54, 1.807) is 18.0 Å². The average Bonchev–Trinajstić information content (AvgIpc) is 2.68. The average molecular weight is 340 g/mol. The molecule has 0 spiro atoms. The van der Waals surface area contributed by atoms with Gasteiger partial charge in [0.05, 0.1) is 6.20 Å². The second kappa shape index (κ2) is 7.54. The molecule has 5 heteroatoms. The molecule has 0 unspecified atom stereocenters. The lowest BCUT2D eigenvalue weighted by atomic mass is 9.83. The molecule has 134 valence electrons. The molecule has 1 amide bonds. The van der Waals surface area contributed by atoms with E-state index in [9.17, 15) is 4.79 Å². The van der Waals surface area contributed by atoms with Gasteiger partial charge in [0.2, 0.25) is 5.91 Å². The van der Waals surface area contributed by atoms with Crippen molar-refractivity contribution in [1.29, 1.82) is 0 Å². The largest absolute Gasteiger partial charge is 0.355 e. The van der Waals surface area contributed by atoms with Crippen molar-refractivity contribution in [3.63, 3.8) is 0 Å². The van der Waals surface area contributed by atoms with E-state index >= 15 is 0 Å². The zero-order valence-electron chi connectivity index (χ0n) is 14.9. The third-order valence-electron chi connectivity index (χ3n) is 6.08. The van der Waals surface area contributed by atoms with Crippen LogP contribution < -0.4 is 4.90 Å². The van der Waals surface area contributed by atoms with E-state index in [2.05, 4.69) is 25.8 Å². The molecule has 5 nitrogen and oxygen atoms in total. The van der Waals surface area contributed by atoms with Crippen LogP contribution in [0, 0.1) is 5.92 Å². The van der Waals surface area contributed by atoms with Crippen LogP contribution in [-0.2, 0) is 4.79 Å². The first-order valence-corrected chi connectivity index (χ1v) is 9.79. The lowest BCUT2D eigenvalue weighted by Gasteiger charge is -2.47. The minimum atomic E-state index is 0.366. The third kappa shape index (κ3) is 3.70. The van der Waals surface area contributed by atoms with E-state index in [1.165, 1.54) is 25.7 Å². The number of carbonyl (C=O) groups excluding carboxylic acids is 1. The van der Waals surface area contributed by atoms with Gasteiger partial charge >= 0.3 is 0 Å². The number of allylic oxidation sites excluding steroid dienone is 1. The van der Waals surface area contributed by atoms with Gasteiger partial charge in [0.15, 0.2) is 0 Å². The summed E-state index contributed by atoms with van der Waals surface area (Å²) in [7, 11) is 0. The summed E-state index contributed by atoms with van der Waals surface area (Å²) in [5, 5.41) is 0. The van der Waals surface area contributed by atoms with Crippen LogP contribution in [0.1, 0.15) is 51.4 Å². The van der Waals surface area contributed by atoms with Crippen molar-refractivity contribution in [2.24, 2.45) is 5.92 Å². The first kappa shape index (κ1) is 16.6. The predicted octanol–water partition coefficient (Wildman–Crippen LogP) is 3.18. The van der Waals surface area contributed by atoms with Crippen molar-refractivity contribution in [3.8, 4) is 0 Å². The number of amides is 1. The fourth-order valence-corrected chi connectivity index (χ4v) is 4.70. The maximum atomic E-state index is 12.5. The van der Waals surface area contributed by atoms with Gasteiger partial charge in [-0.05, 0) is 50.9 Å². The molecule has 1 aliphatic carbocycles. The van der Waals surface area contributed by atoms with Crippen LogP contribution in [0.2, 0.25) is 0 Å². The van der Waals surface area contributed by atoms with E-state index in [0.717, 1.165) is 44.7 Å². The first-order valence-electron chi connectivity index (χ1n) is 9.79. The highest BCUT2D eigenvalue weighted by Gasteiger charge is 2.39. The summed E-state index contributed by atoms with van der Waals surface area (Å²) in [4.78, 5) is 25.7. The first-order chi connectivity index (χ1) is 12.3. The Hall–Kier alpha value is -1.91. The summed E-state index contributed by atoms with van der Waals surface area (Å²) in [5.74, 6) is 1.90. The number of anilines is 1. The number of aromatic nitrogens is 2. The monoisotopic (exact) mass is 340 g/mol. The Kier molecular flexibility index (Phi) is 4.99. The van der Waals surface area contributed by atoms with Crippen LogP contribution in [-0.4, -0.2) is 46.5 Å². The number of hydrogen-bond acceptors (Lipinski definition) is 4. The molecule has 0 bridgehead atoms. The number of likely N-dealkylation sites (tertiary alicyclic amines) is 1. The molecule has 1 aromatic heterocycles. The standard InChI is InChI=1S/C20H28N4O/c25-20-7-6-17-15-23(19-14-21-10-11-22-19)12-9-18(17)24(20)13-8-16-4-2-1-3-5-16/h4,10-11,14,17-18H,1-3,5-9,12-13,15H2/t17-,18+/m1/s1. The number of fused-ring (bicyclic) bond motifs is 1. The van der Waals surface area contributed by atoms with Crippen LogP contribution in [0.4, 0.5) is 5.82 Å². The quantitative estimate of drug-likeness (QED) is 0.790. The smallest absolute Gasteiger partial charge is 0.222 e. The Bertz CT molecular complexity index is 630. The highest BCUT2D eigenvalue weighted by Crippen LogP contribution is 2.33. The Morgan fingerprint density at radius 3 is 2.92 bits per heavy atom. The summed E-state index contributed by atoms with van der Waals surface area (Å²) in [6, 6.07) is 0.415. The van der Waals surface area contributed by atoms with Crippen molar-refractivity contribution in [3.05, 3.63) is 30.2 Å². The fourth-order valence-electron chi connectivity index (χ4n) is 4.70. The van der Waals surface area contributed by atoms with E-state index in [1.807, 2.05) is 6.20 Å². The maximum absolute atomic E-state index is 12.5. The van der Waals surface area contributed by atoms with Gasteiger partial charge in [0.25, 0.3) is 0 Å². The summed E-state index contributed by atoms with van der Waals surface area (Å²) in [6.07, 6.45) is 16.7. The molecule has 0 radical (unpaired) electrons. The van der Waals surface area contributed by atoms with Gasteiger partial charge in [-0.25, -0.2) is 4.98 Å². The molecule has 25 heavy (non-hydrogen) atoms. The lowest BCUT2D eigenvalue weighted by Crippen LogP contribution is -2.56. The zero-order chi connectivity index (χ0) is 17.1. The summed E-state index contributed by atoms with van der Waals surface area (Å²) in [5.41, 5.74) is 1.57. The van der Waals surface area contributed by atoms with Crippen LogP contribution in [0.3, 0.4) is 0 Å². The zero-order valence-corrected chi connectivity index (χ0v) is 14.9. The molecule has 0 aromatic carbocycles. The second-order valence-electron chi connectivity index (χ2n) is 7.61. The van der Waals surface area contributed by atoms with E-state index < -0.39 is 0 Å². The van der Waals surface area contributed by atoms with Gasteiger partial charge in [0.1, 0.15) is 5.82 Å². The highest BCUT2D eigenvalue weighted by atomic mass is 16.2. The van der Waals surface area contributed by atoms with Crippen LogP contribution in [0.15, 0.2) is 30.2 Å². The molecule has 2 saturated heterocycles. The van der Waals surface area contributed by atoms with E-state index in [4.69, 9.17) is 0 Å². The molecule has 1 aromatic rings. The van der Waals surface area contributed by atoms with Crippen molar-refractivity contribution in [1.82, 2.24) is 14.9 Å². The van der Waals surface area contributed by atoms with E-state index in [-0.39, 0.29) is 0 Å². The minimum absolute atomic E-state index is 0.366. The van der Waals surface area contributed by atoms with Crippen molar-refractivity contribution in [2.75, 3.05) is 24.5 Å². The number of nitrogens with zero attached hydrogens (tertiary/aromatic N) is 4. The molecule has 0 saturated carbocycles.